The van der Waals surface area contributed by atoms with E-state index in [1.54, 1.807) is 26.8 Å². The second kappa shape index (κ2) is 5.29. The molecule has 17 heavy (non-hydrogen) atoms. The van der Waals surface area contributed by atoms with E-state index in [4.69, 9.17) is 4.74 Å². The number of carbonyl (C=O) groups is 1. The predicted octanol–water partition coefficient (Wildman–Crippen LogP) is 2.75. The van der Waals surface area contributed by atoms with E-state index in [1.807, 2.05) is 0 Å². The van der Waals surface area contributed by atoms with Crippen molar-refractivity contribution in [3.05, 3.63) is 33.4 Å². The summed E-state index contributed by atoms with van der Waals surface area (Å²) in [6, 6.07) is 2.81. The largest absolute Gasteiger partial charge is 0.513 e. The van der Waals surface area contributed by atoms with Crippen LogP contribution in [0.1, 0.15) is 18.1 Å². The lowest BCUT2D eigenvalue weighted by atomic mass is 10.1. The minimum absolute atomic E-state index is 0.0881. The van der Waals surface area contributed by atoms with Crippen molar-refractivity contribution >= 4 is 11.8 Å². The van der Waals surface area contributed by atoms with Gasteiger partial charge in [-0.2, -0.15) is 0 Å². The molecule has 0 fully saturated rings. The van der Waals surface area contributed by atoms with Gasteiger partial charge in [-0.15, -0.1) is 0 Å². The van der Waals surface area contributed by atoms with Gasteiger partial charge < -0.3 is 9.47 Å². The Morgan fingerprint density at radius 3 is 2.53 bits per heavy atom. The zero-order valence-corrected chi connectivity index (χ0v) is 9.85. The quantitative estimate of drug-likeness (QED) is 0.350. The van der Waals surface area contributed by atoms with Gasteiger partial charge in [0.2, 0.25) is 0 Å². The molecule has 0 aliphatic heterocycles. The summed E-state index contributed by atoms with van der Waals surface area (Å²) in [5, 5.41) is 10.7. The van der Waals surface area contributed by atoms with E-state index >= 15 is 0 Å². The molecule has 0 unspecified atom stereocenters. The average molecular weight is 239 g/mol. The molecule has 0 bridgehead atoms. The monoisotopic (exact) mass is 239 g/mol. The lowest BCUT2D eigenvalue weighted by molar-refractivity contribution is -0.385. The summed E-state index contributed by atoms with van der Waals surface area (Å²) in [5.74, 6) is 0.140. The number of nitro groups is 1. The fraction of sp³-hybridized carbons (Fsp3) is 0.364. The lowest BCUT2D eigenvalue weighted by Crippen LogP contribution is -2.11. The van der Waals surface area contributed by atoms with Crippen LogP contribution in [0.4, 0.5) is 10.5 Å². The highest BCUT2D eigenvalue weighted by Gasteiger charge is 2.16. The third-order valence-corrected chi connectivity index (χ3v) is 2.15. The van der Waals surface area contributed by atoms with Crippen LogP contribution in [0.3, 0.4) is 0 Å². The number of rotatable bonds is 3. The van der Waals surface area contributed by atoms with E-state index in [1.165, 1.54) is 6.07 Å². The normalized spacial score (nSPS) is 9.82. The van der Waals surface area contributed by atoms with Gasteiger partial charge in [-0.05, 0) is 32.4 Å². The Balaban J connectivity index is 3.03. The maximum absolute atomic E-state index is 11.1. The van der Waals surface area contributed by atoms with Crippen molar-refractivity contribution in [2.24, 2.45) is 0 Å². The molecule has 0 amide bonds. The van der Waals surface area contributed by atoms with Crippen LogP contribution in [0.25, 0.3) is 0 Å². The topological polar surface area (TPSA) is 78.7 Å². The third-order valence-electron chi connectivity index (χ3n) is 2.15. The van der Waals surface area contributed by atoms with Crippen LogP contribution in [0.5, 0.6) is 5.75 Å². The van der Waals surface area contributed by atoms with Crippen LogP contribution in [-0.4, -0.2) is 17.7 Å². The van der Waals surface area contributed by atoms with Crippen molar-refractivity contribution in [3.63, 3.8) is 0 Å². The molecular weight excluding hydrogens is 226 g/mol. The molecule has 6 heteroatoms. The lowest BCUT2D eigenvalue weighted by Gasteiger charge is -2.08. The molecule has 0 radical (unpaired) electrons. The molecule has 0 aliphatic carbocycles. The van der Waals surface area contributed by atoms with Crippen molar-refractivity contribution in [2.45, 2.75) is 20.8 Å². The molecule has 0 aliphatic rings. The van der Waals surface area contributed by atoms with Gasteiger partial charge in [-0.25, -0.2) is 4.79 Å². The summed E-state index contributed by atoms with van der Waals surface area (Å²) in [6.07, 6.45) is -0.867. The summed E-state index contributed by atoms with van der Waals surface area (Å²) in [4.78, 5) is 21.3. The Morgan fingerprint density at radius 1 is 1.35 bits per heavy atom. The molecule has 1 rings (SSSR count). The first-order valence-corrected chi connectivity index (χ1v) is 5.06. The van der Waals surface area contributed by atoms with Crippen LogP contribution in [-0.2, 0) is 4.74 Å². The Bertz CT molecular complexity index is 455. The zero-order chi connectivity index (χ0) is 13.0. The highest BCUT2D eigenvalue weighted by Crippen LogP contribution is 2.28. The molecule has 1 aromatic rings. The predicted molar refractivity (Wildman–Crippen MR) is 60.2 cm³/mol. The standard InChI is InChI=1S/C11H13NO5/c1-4-16-11(13)17-10-6-9(12(14)15)7(2)5-8(10)3/h5-6H,4H2,1-3H3. The van der Waals surface area contributed by atoms with Crippen molar-refractivity contribution < 1.29 is 19.2 Å². The first-order valence-electron chi connectivity index (χ1n) is 5.06. The van der Waals surface area contributed by atoms with Crippen molar-refractivity contribution in [1.29, 1.82) is 0 Å². The van der Waals surface area contributed by atoms with Crippen LogP contribution in [0.15, 0.2) is 12.1 Å². The molecule has 0 atom stereocenters. The Hall–Kier alpha value is -2.11. The molecule has 1 aromatic carbocycles. The highest BCUT2D eigenvalue weighted by atomic mass is 16.7. The summed E-state index contributed by atoms with van der Waals surface area (Å²) < 4.78 is 9.47. The third kappa shape index (κ3) is 3.17. The van der Waals surface area contributed by atoms with Gasteiger partial charge in [0, 0.05) is 5.56 Å². The molecule has 92 valence electrons. The minimum atomic E-state index is -0.867. The number of carbonyl (C=O) groups excluding carboxylic acids is 1. The van der Waals surface area contributed by atoms with Crippen LogP contribution < -0.4 is 4.74 Å². The van der Waals surface area contributed by atoms with Crippen LogP contribution in [0.2, 0.25) is 0 Å². The molecule has 0 N–H and O–H groups in total. The minimum Gasteiger partial charge on any atom is -0.434 e. The summed E-state index contributed by atoms with van der Waals surface area (Å²) in [6.45, 7) is 5.15. The highest BCUT2D eigenvalue weighted by molar-refractivity contribution is 5.65. The second-order valence-corrected chi connectivity index (χ2v) is 3.45. The van der Waals surface area contributed by atoms with E-state index in [-0.39, 0.29) is 18.0 Å². The van der Waals surface area contributed by atoms with Gasteiger partial charge in [0.05, 0.1) is 17.6 Å². The Kier molecular flexibility index (Phi) is 4.03. The van der Waals surface area contributed by atoms with E-state index in [0.717, 1.165) is 0 Å². The number of aryl methyl sites for hydroxylation is 2. The van der Waals surface area contributed by atoms with E-state index in [9.17, 15) is 14.9 Å². The van der Waals surface area contributed by atoms with Gasteiger partial charge in [0.25, 0.3) is 5.69 Å². The maximum atomic E-state index is 11.1. The number of nitro benzene ring substituents is 1. The second-order valence-electron chi connectivity index (χ2n) is 3.45. The maximum Gasteiger partial charge on any atom is 0.513 e. The van der Waals surface area contributed by atoms with Crippen molar-refractivity contribution in [1.82, 2.24) is 0 Å². The fourth-order valence-electron chi connectivity index (χ4n) is 1.37. The van der Waals surface area contributed by atoms with Crippen LogP contribution >= 0.6 is 0 Å². The van der Waals surface area contributed by atoms with Crippen LogP contribution in [0, 0.1) is 24.0 Å². The fourth-order valence-corrected chi connectivity index (χ4v) is 1.37. The number of hydrogen-bond acceptors (Lipinski definition) is 5. The molecule has 0 saturated heterocycles. The van der Waals surface area contributed by atoms with Crippen molar-refractivity contribution in [2.75, 3.05) is 6.61 Å². The van der Waals surface area contributed by atoms with Gasteiger partial charge >= 0.3 is 6.16 Å². The molecule has 6 nitrogen and oxygen atoms in total. The summed E-state index contributed by atoms with van der Waals surface area (Å²) in [5.41, 5.74) is 1.07. The number of ether oxygens (including phenoxy) is 2. The smallest absolute Gasteiger partial charge is 0.434 e. The van der Waals surface area contributed by atoms with E-state index < -0.39 is 11.1 Å². The van der Waals surface area contributed by atoms with E-state index in [0.29, 0.717) is 11.1 Å². The molecule has 0 heterocycles. The van der Waals surface area contributed by atoms with Gasteiger partial charge in [-0.1, -0.05) is 0 Å². The Labute approximate surface area is 98.3 Å². The SMILES string of the molecule is CCOC(=O)Oc1cc([N+](=O)[O-])c(C)cc1C. The molecule has 0 saturated carbocycles. The number of benzene rings is 1. The van der Waals surface area contributed by atoms with E-state index in [2.05, 4.69) is 4.74 Å². The van der Waals surface area contributed by atoms with Gasteiger partial charge in [0.1, 0.15) is 5.75 Å². The molecule has 0 spiro atoms. The first-order chi connectivity index (χ1) is 7.95. The average Bonchev–Trinajstić information content (AvgIpc) is 2.21. The summed E-state index contributed by atoms with van der Waals surface area (Å²) in [7, 11) is 0. The summed E-state index contributed by atoms with van der Waals surface area (Å²) >= 11 is 0. The molecular formula is C11H13NO5. The van der Waals surface area contributed by atoms with Gasteiger partial charge in [0.15, 0.2) is 0 Å². The molecule has 0 aromatic heterocycles. The van der Waals surface area contributed by atoms with Gasteiger partial charge in [-0.3, -0.25) is 10.1 Å². The zero-order valence-electron chi connectivity index (χ0n) is 9.85. The number of nitrogens with zero attached hydrogens (tertiary/aromatic N) is 1. The first kappa shape index (κ1) is 13.0. The van der Waals surface area contributed by atoms with Crippen molar-refractivity contribution in [3.8, 4) is 5.75 Å². The number of hydrogen-bond donors (Lipinski definition) is 0. The Morgan fingerprint density at radius 2 is 2.00 bits per heavy atom.